The predicted octanol–water partition coefficient (Wildman–Crippen LogP) is 4.62. The van der Waals surface area contributed by atoms with Crippen molar-refractivity contribution in [2.75, 3.05) is 5.32 Å². The molecule has 0 spiro atoms. The molecule has 150 valence electrons. The van der Waals surface area contributed by atoms with Crippen molar-refractivity contribution in [3.05, 3.63) is 96.1 Å². The molecule has 0 aliphatic carbocycles. The molecule has 6 nitrogen and oxygen atoms in total. The van der Waals surface area contributed by atoms with Gasteiger partial charge in [0.05, 0.1) is 5.69 Å². The fraction of sp³-hybridized carbons (Fsp3) is 0.125. The van der Waals surface area contributed by atoms with Crippen molar-refractivity contribution in [2.45, 2.75) is 13.5 Å². The average Bonchev–Trinajstić information content (AvgIpc) is 3.21. The van der Waals surface area contributed by atoms with Crippen LogP contribution in [0.4, 0.5) is 5.69 Å². The van der Waals surface area contributed by atoms with Crippen LogP contribution in [0.25, 0.3) is 11.4 Å². The number of rotatable bonds is 6. The Labute approximate surface area is 175 Å². The van der Waals surface area contributed by atoms with E-state index in [0.29, 0.717) is 17.9 Å². The molecule has 2 aromatic heterocycles. The topological polar surface area (TPSA) is 69.0 Å². The fourth-order valence-electron chi connectivity index (χ4n) is 3.08. The summed E-state index contributed by atoms with van der Waals surface area (Å²) in [5.41, 5.74) is 4.10. The van der Waals surface area contributed by atoms with Crippen LogP contribution in [0, 0.1) is 6.92 Å². The van der Waals surface area contributed by atoms with Crippen molar-refractivity contribution >= 4 is 11.6 Å². The molecule has 2 heterocycles. The number of carbonyl (C=O) groups excluding carboxylic acids is 1. The van der Waals surface area contributed by atoms with E-state index in [2.05, 4.69) is 15.3 Å². The van der Waals surface area contributed by atoms with E-state index in [1.54, 1.807) is 36.7 Å². The first kappa shape index (κ1) is 19.4. The predicted molar refractivity (Wildman–Crippen MR) is 116 cm³/mol. The normalized spacial score (nSPS) is 10.6. The summed E-state index contributed by atoms with van der Waals surface area (Å²) in [5.74, 6) is 1.36. The van der Waals surface area contributed by atoms with E-state index in [1.165, 1.54) is 0 Å². The molecule has 0 bridgehead atoms. The minimum absolute atomic E-state index is 0.175. The van der Waals surface area contributed by atoms with Gasteiger partial charge in [-0.2, -0.15) is 0 Å². The van der Waals surface area contributed by atoms with Gasteiger partial charge in [-0.15, -0.1) is 0 Å². The van der Waals surface area contributed by atoms with Gasteiger partial charge >= 0.3 is 0 Å². The number of imidazole rings is 1. The smallest absolute Gasteiger partial charge is 0.255 e. The Kier molecular flexibility index (Phi) is 5.57. The second-order valence-electron chi connectivity index (χ2n) is 6.98. The van der Waals surface area contributed by atoms with Crippen LogP contribution < -0.4 is 10.1 Å². The number of aryl methyl sites for hydroxylation is 2. The van der Waals surface area contributed by atoms with Gasteiger partial charge in [0, 0.05) is 42.5 Å². The van der Waals surface area contributed by atoms with Gasteiger partial charge in [-0.05, 0) is 55.0 Å². The Balaban J connectivity index is 1.44. The van der Waals surface area contributed by atoms with Crippen LogP contribution in [0.1, 0.15) is 21.6 Å². The second kappa shape index (κ2) is 8.61. The number of carbonyl (C=O) groups is 1. The zero-order chi connectivity index (χ0) is 20.9. The van der Waals surface area contributed by atoms with Crippen molar-refractivity contribution < 1.29 is 9.53 Å². The first-order chi connectivity index (χ1) is 14.6. The molecular weight excluding hydrogens is 376 g/mol. The van der Waals surface area contributed by atoms with Crippen molar-refractivity contribution in [2.24, 2.45) is 7.05 Å². The summed E-state index contributed by atoms with van der Waals surface area (Å²) in [6.07, 6.45) is 5.38. The number of anilines is 1. The Morgan fingerprint density at radius 3 is 2.57 bits per heavy atom. The molecule has 4 rings (SSSR count). The van der Waals surface area contributed by atoms with Gasteiger partial charge in [-0.1, -0.05) is 18.2 Å². The van der Waals surface area contributed by atoms with Crippen LogP contribution in [0.3, 0.4) is 0 Å². The lowest BCUT2D eigenvalue weighted by atomic mass is 10.1. The molecule has 6 heteroatoms. The number of pyridine rings is 1. The van der Waals surface area contributed by atoms with Crippen LogP contribution in [-0.2, 0) is 13.7 Å². The van der Waals surface area contributed by atoms with Crippen molar-refractivity contribution in [3.63, 3.8) is 0 Å². The zero-order valence-corrected chi connectivity index (χ0v) is 16.9. The van der Waals surface area contributed by atoms with Crippen molar-refractivity contribution in [3.8, 4) is 17.1 Å². The van der Waals surface area contributed by atoms with Crippen LogP contribution in [-0.4, -0.2) is 20.4 Å². The molecule has 0 aliphatic rings. The van der Waals surface area contributed by atoms with E-state index in [1.807, 2.05) is 61.1 Å². The van der Waals surface area contributed by atoms with Gasteiger partial charge in [-0.3, -0.25) is 9.78 Å². The van der Waals surface area contributed by atoms with E-state index in [-0.39, 0.29) is 5.91 Å². The molecule has 0 unspecified atom stereocenters. The highest BCUT2D eigenvalue weighted by atomic mass is 16.5. The highest BCUT2D eigenvalue weighted by Crippen LogP contribution is 2.25. The summed E-state index contributed by atoms with van der Waals surface area (Å²) in [6.45, 7) is 2.35. The number of hydrogen-bond acceptors (Lipinski definition) is 4. The number of nitrogens with zero attached hydrogens (tertiary/aromatic N) is 3. The zero-order valence-electron chi connectivity index (χ0n) is 16.9. The van der Waals surface area contributed by atoms with E-state index >= 15 is 0 Å². The lowest BCUT2D eigenvalue weighted by molar-refractivity contribution is 0.102. The van der Waals surface area contributed by atoms with Crippen LogP contribution in [0.5, 0.6) is 5.75 Å². The molecule has 4 aromatic rings. The Morgan fingerprint density at radius 1 is 1.03 bits per heavy atom. The van der Waals surface area contributed by atoms with Gasteiger partial charge in [-0.25, -0.2) is 4.98 Å². The second-order valence-corrected chi connectivity index (χ2v) is 6.98. The van der Waals surface area contributed by atoms with E-state index in [9.17, 15) is 4.79 Å². The SMILES string of the molecule is Cc1ccc(-c2nccn2C)cc1NC(=O)c1ccc(OCc2ccccn2)cc1. The third kappa shape index (κ3) is 4.38. The molecule has 1 amide bonds. The first-order valence-electron chi connectivity index (χ1n) is 9.62. The summed E-state index contributed by atoms with van der Waals surface area (Å²) in [5, 5.41) is 3.00. The first-order valence-corrected chi connectivity index (χ1v) is 9.62. The van der Waals surface area contributed by atoms with Gasteiger partial charge < -0.3 is 14.6 Å². The monoisotopic (exact) mass is 398 g/mol. The standard InChI is InChI=1S/C24H22N4O2/c1-17-6-7-19(23-26-13-14-28(23)2)15-22(17)27-24(29)18-8-10-21(11-9-18)30-16-20-5-3-4-12-25-20/h3-15H,16H2,1-2H3,(H,27,29). The molecule has 0 saturated heterocycles. The maximum atomic E-state index is 12.7. The number of aromatic nitrogens is 3. The summed E-state index contributed by atoms with van der Waals surface area (Å²) >= 11 is 0. The lowest BCUT2D eigenvalue weighted by Gasteiger charge is -2.11. The van der Waals surface area contributed by atoms with Gasteiger partial charge in [0.1, 0.15) is 18.2 Å². The van der Waals surface area contributed by atoms with E-state index in [0.717, 1.165) is 28.3 Å². The summed E-state index contributed by atoms with van der Waals surface area (Å²) in [7, 11) is 1.94. The lowest BCUT2D eigenvalue weighted by Crippen LogP contribution is -2.13. The quantitative estimate of drug-likeness (QED) is 0.514. The number of benzene rings is 2. The third-order valence-corrected chi connectivity index (χ3v) is 4.79. The summed E-state index contributed by atoms with van der Waals surface area (Å²) in [4.78, 5) is 21.3. The van der Waals surface area contributed by atoms with Crippen LogP contribution in [0.15, 0.2) is 79.3 Å². The molecule has 0 fully saturated rings. The largest absolute Gasteiger partial charge is 0.487 e. The van der Waals surface area contributed by atoms with Crippen LogP contribution in [0.2, 0.25) is 0 Å². The van der Waals surface area contributed by atoms with Crippen molar-refractivity contribution in [1.82, 2.24) is 14.5 Å². The van der Waals surface area contributed by atoms with Gasteiger partial charge in [0.2, 0.25) is 0 Å². The fourth-order valence-corrected chi connectivity index (χ4v) is 3.08. The maximum Gasteiger partial charge on any atom is 0.255 e. The maximum absolute atomic E-state index is 12.7. The molecule has 0 atom stereocenters. The minimum atomic E-state index is -0.175. The molecule has 0 aliphatic heterocycles. The molecule has 0 saturated carbocycles. The number of amides is 1. The summed E-state index contributed by atoms with van der Waals surface area (Å²) < 4.78 is 7.67. The number of hydrogen-bond donors (Lipinski definition) is 1. The Hall–Kier alpha value is -3.93. The molecule has 0 radical (unpaired) electrons. The highest BCUT2D eigenvalue weighted by Gasteiger charge is 2.11. The number of ether oxygens (including phenoxy) is 1. The van der Waals surface area contributed by atoms with Gasteiger partial charge in [0.25, 0.3) is 5.91 Å². The van der Waals surface area contributed by atoms with Crippen LogP contribution >= 0.6 is 0 Å². The average molecular weight is 398 g/mol. The molecule has 1 N–H and O–H groups in total. The minimum Gasteiger partial charge on any atom is -0.487 e. The van der Waals surface area contributed by atoms with E-state index < -0.39 is 0 Å². The molecule has 2 aromatic carbocycles. The van der Waals surface area contributed by atoms with E-state index in [4.69, 9.17) is 4.74 Å². The Morgan fingerprint density at radius 2 is 1.87 bits per heavy atom. The molecule has 30 heavy (non-hydrogen) atoms. The Bertz CT molecular complexity index is 1150. The van der Waals surface area contributed by atoms with Gasteiger partial charge in [0.15, 0.2) is 0 Å². The number of nitrogens with one attached hydrogen (secondary N) is 1. The van der Waals surface area contributed by atoms with Crippen molar-refractivity contribution in [1.29, 1.82) is 0 Å². The summed E-state index contributed by atoms with van der Waals surface area (Å²) in [6, 6.07) is 18.7. The molecular formula is C24H22N4O2. The third-order valence-electron chi connectivity index (χ3n) is 4.79. The highest BCUT2D eigenvalue weighted by molar-refractivity contribution is 6.05.